The molecule has 0 radical (unpaired) electrons. The summed E-state index contributed by atoms with van der Waals surface area (Å²) in [5.41, 5.74) is 0.428. The lowest BCUT2D eigenvalue weighted by atomic mass is 9.93. The summed E-state index contributed by atoms with van der Waals surface area (Å²) in [7, 11) is -4.14. The second-order valence-corrected chi connectivity index (χ2v) is 17.7. The maximum atomic E-state index is 13.8. The molecule has 1 saturated heterocycles. The van der Waals surface area contributed by atoms with E-state index in [0.717, 1.165) is 42.6 Å². The van der Waals surface area contributed by atoms with Gasteiger partial charge in [0, 0.05) is 49.9 Å². The van der Waals surface area contributed by atoms with Gasteiger partial charge in [-0.3, -0.25) is 14.5 Å². The van der Waals surface area contributed by atoms with E-state index in [9.17, 15) is 36.4 Å². The largest absolute Gasteiger partial charge is 0.455 e. The average Bonchev–Trinajstić information content (AvgIpc) is 3.71. The van der Waals surface area contributed by atoms with Crippen molar-refractivity contribution in [1.29, 1.82) is 5.26 Å². The number of hydrogen-bond acceptors (Lipinski definition) is 11. The van der Waals surface area contributed by atoms with Gasteiger partial charge in [0.05, 0.1) is 28.3 Å². The van der Waals surface area contributed by atoms with E-state index < -0.39 is 33.5 Å². The summed E-state index contributed by atoms with van der Waals surface area (Å²) in [4.78, 5) is 37.0. The van der Waals surface area contributed by atoms with Crippen LogP contribution in [-0.4, -0.2) is 69.8 Å². The normalized spacial score (nSPS) is 13.7. The molecule has 2 amide bonds. The van der Waals surface area contributed by atoms with Gasteiger partial charge in [0.15, 0.2) is 0 Å². The molecule has 3 aromatic carbocycles. The van der Waals surface area contributed by atoms with Crippen LogP contribution in [0.25, 0.3) is 22.3 Å². The molecule has 0 atom stereocenters. The van der Waals surface area contributed by atoms with Gasteiger partial charge in [0.25, 0.3) is 10.0 Å². The third-order valence-corrected chi connectivity index (χ3v) is 11.7. The Morgan fingerprint density at radius 3 is 2.37 bits per heavy atom. The van der Waals surface area contributed by atoms with E-state index in [1.54, 1.807) is 75.2 Å². The number of anilines is 1. The molecule has 314 valence electrons. The van der Waals surface area contributed by atoms with Gasteiger partial charge in [-0.15, -0.1) is 0 Å². The molecule has 3 heterocycles. The number of alkyl halides is 3. The first kappa shape index (κ1) is 43.5. The number of ether oxygens (including phenoxy) is 2. The monoisotopic (exact) mass is 861 g/mol. The Morgan fingerprint density at radius 2 is 1.70 bits per heavy atom. The minimum atomic E-state index is -4.58. The van der Waals surface area contributed by atoms with Crippen molar-refractivity contribution in [2.24, 2.45) is 5.92 Å². The van der Waals surface area contributed by atoms with E-state index in [2.05, 4.69) is 19.1 Å². The fourth-order valence-electron chi connectivity index (χ4n) is 6.63. The highest BCUT2D eigenvalue weighted by Crippen LogP contribution is 2.40. The summed E-state index contributed by atoms with van der Waals surface area (Å²) in [6.07, 6.45) is -0.0554. The van der Waals surface area contributed by atoms with Gasteiger partial charge in [-0.2, -0.15) is 22.8 Å². The van der Waals surface area contributed by atoms with Crippen LogP contribution in [0.4, 0.5) is 23.1 Å². The number of halogens is 3. The maximum absolute atomic E-state index is 13.8. The predicted molar refractivity (Wildman–Crippen MR) is 218 cm³/mol. The van der Waals surface area contributed by atoms with Crippen molar-refractivity contribution in [3.8, 4) is 39.8 Å². The molecule has 0 unspecified atom stereocenters. The molecule has 5 aromatic rings. The van der Waals surface area contributed by atoms with Crippen LogP contribution in [0.15, 0.2) is 90.2 Å². The molecule has 0 aliphatic carbocycles. The van der Waals surface area contributed by atoms with Gasteiger partial charge in [-0.25, -0.2) is 18.2 Å². The predicted octanol–water partition coefficient (Wildman–Crippen LogP) is 9.14. The number of amides is 2. The van der Waals surface area contributed by atoms with Crippen LogP contribution in [0.5, 0.6) is 11.5 Å². The zero-order chi connectivity index (χ0) is 43.2. The molecule has 0 bridgehead atoms. The molecule has 1 fully saturated rings. The minimum absolute atomic E-state index is 0.0138. The van der Waals surface area contributed by atoms with Crippen LogP contribution < -0.4 is 9.46 Å². The van der Waals surface area contributed by atoms with Crippen LogP contribution in [0.2, 0.25) is 0 Å². The van der Waals surface area contributed by atoms with Gasteiger partial charge in [0.1, 0.15) is 29.5 Å². The number of nitrogens with zero attached hydrogens (tertiary/aromatic N) is 6. The van der Waals surface area contributed by atoms with Gasteiger partial charge < -0.3 is 19.3 Å². The number of likely N-dealkylation sites (tertiary alicyclic amines) is 1. The number of rotatable bonds is 12. The van der Waals surface area contributed by atoms with Crippen molar-refractivity contribution in [3.05, 3.63) is 102 Å². The van der Waals surface area contributed by atoms with Crippen molar-refractivity contribution in [2.45, 2.75) is 70.2 Å². The van der Waals surface area contributed by atoms with Crippen LogP contribution in [-0.2, 0) is 32.3 Å². The summed E-state index contributed by atoms with van der Waals surface area (Å²) in [6, 6.07) is 18.8. The number of nitrogens with one attached hydrogen (secondary N) is 1. The smallest absolute Gasteiger partial charge is 0.416 e. The number of nitriles is 1. The number of hydrogen-bond donors (Lipinski definition) is 1. The topological polar surface area (TPSA) is 168 Å². The fraction of sp³-hybridized carbons (Fsp3) is 0.333. The lowest BCUT2D eigenvalue weighted by molar-refractivity contribution is -0.137. The molecule has 1 N–H and O–H groups in total. The van der Waals surface area contributed by atoms with Crippen LogP contribution in [0.1, 0.15) is 63.8 Å². The minimum Gasteiger partial charge on any atom is -0.455 e. The van der Waals surface area contributed by atoms with Crippen LogP contribution >= 0.6 is 11.5 Å². The van der Waals surface area contributed by atoms with Gasteiger partial charge >= 0.3 is 12.3 Å². The van der Waals surface area contributed by atoms with Crippen molar-refractivity contribution in [1.82, 2.24) is 24.1 Å². The molecular weight excluding hydrogens is 820 g/mol. The molecule has 1 aliphatic rings. The zero-order valence-electron chi connectivity index (χ0n) is 33.2. The van der Waals surface area contributed by atoms with E-state index in [-0.39, 0.29) is 45.1 Å². The second kappa shape index (κ2) is 18.1. The van der Waals surface area contributed by atoms with E-state index in [1.807, 2.05) is 11.0 Å². The molecule has 1 aliphatic heterocycles. The quantitative estimate of drug-likeness (QED) is 0.128. The SMILES string of the molecule is CC(=O)N1CCC(CCN(Cc2cc(-c3cc(-c4cccc(C(F)(F)F)c4)ccc3Oc3ccc(S(=O)(=O)Nc4ncns4)cc3C#N)ccn2)C(=O)OC(C)(C)C)CC1. The molecule has 60 heavy (non-hydrogen) atoms. The van der Waals surface area contributed by atoms with Crippen LogP contribution in [0, 0.1) is 17.2 Å². The third-order valence-electron chi connectivity index (χ3n) is 9.69. The van der Waals surface area contributed by atoms with Crippen LogP contribution in [0.3, 0.4) is 0 Å². The number of benzene rings is 3. The number of piperidine rings is 1. The molecule has 0 spiro atoms. The third kappa shape index (κ3) is 11.2. The Morgan fingerprint density at radius 1 is 0.967 bits per heavy atom. The first-order valence-corrected chi connectivity index (χ1v) is 21.2. The maximum Gasteiger partial charge on any atom is 0.416 e. The highest BCUT2D eigenvalue weighted by Gasteiger charge is 2.31. The van der Waals surface area contributed by atoms with E-state index in [4.69, 9.17) is 9.47 Å². The molecule has 6 rings (SSSR count). The summed E-state index contributed by atoms with van der Waals surface area (Å²) in [5, 5.41) is 10.1. The molecular formula is C42H42F3N7O6S2. The van der Waals surface area contributed by atoms with E-state index >= 15 is 0 Å². The van der Waals surface area contributed by atoms with Crippen molar-refractivity contribution in [3.63, 3.8) is 0 Å². The Balaban J connectivity index is 1.34. The summed E-state index contributed by atoms with van der Waals surface area (Å²) in [5.74, 6) is 0.543. The van der Waals surface area contributed by atoms with Crippen molar-refractivity contribution < 1.29 is 40.7 Å². The number of aromatic nitrogens is 3. The number of pyridine rings is 1. The lowest BCUT2D eigenvalue weighted by Crippen LogP contribution is -2.40. The summed E-state index contributed by atoms with van der Waals surface area (Å²) < 4.78 is 85.6. The average molecular weight is 862 g/mol. The Kier molecular flexibility index (Phi) is 13.1. The first-order chi connectivity index (χ1) is 28.4. The Hall–Kier alpha value is -6.06. The molecule has 18 heteroatoms. The standard InChI is InChI=1S/C42H42F3N7O6S2/c1-27(53)51-17-13-28(14-18-51)15-19-52(40(54)58-41(2,3)4)25-34-21-31(12-16-47-34)36-23-30(29-6-5-7-33(20-29)42(43,44)45)8-10-38(36)57-37-11-9-35(22-32(37)24-46)60(55,56)50-39-48-26-49-59-39/h5-12,16,20-23,26,28H,13-15,17-19,25H2,1-4H3,(H,48,49,50). The lowest BCUT2D eigenvalue weighted by Gasteiger charge is -2.33. The first-order valence-electron chi connectivity index (χ1n) is 18.9. The highest BCUT2D eigenvalue weighted by molar-refractivity contribution is 7.93. The van der Waals surface area contributed by atoms with E-state index in [0.29, 0.717) is 54.4 Å². The van der Waals surface area contributed by atoms with Crippen molar-refractivity contribution in [2.75, 3.05) is 24.4 Å². The Bertz CT molecular complexity index is 2500. The second-order valence-electron chi connectivity index (χ2n) is 15.2. The molecule has 0 saturated carbocycles. The summed E-state index contributed by atoms with van der Waals surface area (Å²) in [6.45, 7) is 8.63. The molecule has 2 aromatic heterocycles. The number of carbonyl (C=O) groups is 2. The highest BCUT2D eigenvalue weighted by atomic mass is 32.2. The van der Waals surface area contributed by atoms with Gasteiger partial charge in [0.2, 0.25) is 11.0 Å². The Labute approximate surface area is 350 Å². The van der Waals surface area contributed by atoms with Gasteiger partial charge in [-0.1, -0.05) is 18.2 Å². The zero-order valence-corrected chi connectivity index (χ0v) is 34.8. The molecule has 13 nitrogen and oxygen atoms in total. The number of sulfonamides is 1. The van der Waals surface area contributed by atoms with E-state index in [1.165, 1.54) is 24.5 Å². The van der Waals surface area contributed by atoms with Gasteiger partial charge in [-0.05, 0) is 117 Å². The number of carbonyl (C=O) groups excluding carboxylic acids is 2. The fourth-order valence-corrected chi connectivity index (χ4v) is 8.31. The van der Waals surface area contributed by atoms with Crippen molar-refractivity contribution >= 4 is 38.7 Å². The summed E-state index contributed by atoms with van der Waals surface area (Å²) >= 11 is 0.839.